The Morgan fingerprint density at radius 2 is 2.33 bits per heavy atom. The van der Waals surface area contributed by atoms with Gasteiger partial charge in [-0.1, -0.05) is 43.8 Å². The number of nitrogens with two attached hydrogens (primary N) is 1. The van der Waals surface area contributed by atoms with Crippen LogP contribution in [0.1, 0.15) is 30.5 Å². The van der Waals surface area contributed by atoms with Crippen LogP contribution in [-0.4, -0.2) is 0 Å². The predicted octanol–water partition coefficient (Wildman–Crippen LogP) is 2.74. The summed E-state index contributed by atoms with van der Waals surface area (Å²) in [5.74, 6) is 0. The lowest BCUT2D eigenvalue weighted by atomic mass is 10.0. The summed E-state index contributed by atoms with van der Waals surface area (Å²) in [6.45, 7) is 5.80. The van der Waals surface area contributed by atoms with Gasteiger partial charge in [-0.05, 0) is 17.5 Å². The van der Waals surface area contributed by atoms with Gasteiger partial charge < -0.3 is 5.73 Å². The summed E-state index contributed by atoms with van der Waals surface area (Å²) in [5, 5.41) is 0. The van der Waals surface area contributed by atoms with Crippen LogP contribution in [0.25, 0.3) is 6.08 Å². The van der Waals surface area contributed by atoms with Gasteiger partial charge in [-0.3, -0.25) is 0 Å². The molecule has 0 saturated carbocycles. The number of hydrogen-bond donors (Lipinski definition) is 1. The summed E-state index contributed by atoms with van der Waals surface area (Å²) in [6.07, 6.45) is 2.81. The maximum absolute atomic E-state index is 5.88. The van der Waals surface area contributed by atoms with Gasteiger partial charge in [0.15, 0.2) is 0 Å². The minimum atomic E-state index is 0.157. The highest BCUT2D eigenvalue weighted by molar-refractivity contribution is 5.48. The van der Waals surface area contributed by atoms with Crippen molar-refractivity contribution >= 4 is 6.08 Å². The fourth-order valence-corrected chi connectivity index (χ4v) is 1.15. The van der Waals surface area contributed by atoms with E-state index in [0.29, 0.717) is 0 Å². The Morgan fingerprint density at radius 3 is 2.92 bits per heavy atom. The average Bonchev–Trinajstić information content (AvgIpc) is 2.17. The lowest BCUT2D eigenvalue weighted by molar-refractivity contribution is 0.698. The molecular weight excluding hydrogens is 146 g/mol. The predicted molar refractivity (Wildman–Crippen MR) is 53.8 cm³/mol. The van der Waals surface area contributed by atoms with Crippen LogP contribution < -0.4 is 5.73 Å². The van der Waals surface area contributed by atoms with Crippen LogP contribution in [0.3, 0.4) is 0 Å². The highest BCUT2D eigenvalue weighted by Gasteiger charge is 2.01. The van der Waals surface area contributed by atoms with E-state index >= 15 is 0 Å². The SMILES string of the molecule is C=Cc1cccc([C@H](N)CC)c1. The molecule has 0 aliphatic rings. The first-order valence-electron chi connectivity index (χ1n) is 4.26. The largest absolute Gasteiger partial charge is 0.324 e. The summed E-state index contributed by atoms with van der Waals surface area (Å²) in [7, 11) is 0. The van der Waals surface area contributed by atoms with Crippen molar-refractivity contribution in [2.24, 2.45) is 5.73 Å². The quantitative estimate of drug-likeness (QED) is 0.724. The van der Waals surface area contributed by atoms with Gasteiger partial charge in [-0.2, -0.15) is 0 Å². The third-order valence-electron chi connectivity index (χ3n) is 2.01. The molecule has 64 valence electrons. The Bertz CT molecular complexity index is 265. The second-order valence-electron chi connectivity index (χ2n) is 2.89. The van der Waals surface area contributed by atoms with E-state index in [9.17, 15) is 0 Å². The van der Waals surface area contributed by atoms with E-state index in [-0.39, 0.29) is 6.04 Å². The van der Waals surface area contributed by atoms with E-state index in [1.165, 1.54) is 5.56 Å². The third kappa shape index (κ3) is 1.95. The molecule has 0 aliphatic carbocycles. The molecule has 0 spiro atoms. The van der Waals surface area contributed by atoms with Gasteiger partial charge in [0.2, 0.25) is 0 Å². The minimum absolute atomic E-state index is 0.157. The first kappa shape index (κ1) is 9.01. The minimum Gasteiger partial charge on any atom is -0.324 e. The molecule has 0 amide bonds. The van der Waals surface area contributed by atoms with Gasteiger partial charge >= 0.3 is 0 Å². The topological polar surface area (TPSA) is 26.0 Å². The van der Waals surface area contributed by atoms with Gasteiger partial charge in [-0.25, -0.2) is 0 Å². The van der Waals surface area contributed by atoms with Crippen molar-refractivity contribution < 1.29 is 0 Å². The lowest BCUT2D eigenvalue weighted by Gasteiger charge is -2.09. The number of hydrogen-bond acceptors (Lipinski definition) is 1. The molecule has 0 radical (unpaired) electrons. The molecule has 12 heavy (non-hydrogen) atoms. The molecule has 0 fully saturated rings. The Balaban J connectivity index is 2.93. The number of rotatable bonds is 3. The van der Waals surface area contributed by atoms with Crippen LogP contribution in [0.15, 0.2) is 30.8 Å². The van der Waals surface area contributed by atoms with Gasteiger partial charge in [0.25, 0.3) is 0 Å². The van der Waals surface area contributed by atoms with E-state index in [1.54, 1.807) is 0 Å². The second-order valence-corrected chi connectivity index (χ2v) is 2.89. The van der Waals surface area contributed by atoms with E-state index < -0.39 is 0 Å². The van der Waals surface area contributed by atoms with Crippen LogP contribution in [0.4, 0.5) is 0 Å². The molecule has 1 heteroatoms. The molecule has 0 aromatic heterocycles. The molecule has 1 nitrogen and oxygen atoms in total. The summed E-state index contributed by atoms with van der Waals surface area (Å²) in [6, 6.07) is 8.34. The molecular formula is C11H15N. The smallest absolute Gasteiger partial charge is 0.0292 e. The van der Waals surface area contributed by atoms with Gasteiger partial charge in [0, 0.05) is 6.04 Å². The van der Waals surface area contributed by atoms with E-state index in [0.717, 1.165) is 12.0 Å². The van der Waals surface area contributed by atoms with Crippen LogP contribution in [0.5, 0.6) is 0 Å². The average molecular weight is 161 g/mol. The molecule has 0 unspecified atom stereocenters. The molecule has 0 aliphatic heterocycles. The van der Waals surface area contributed by atoms with Crippen molar-refractivity contribution in [3.63, 3.8) is 0 Å². The van der Waals surface area contributed by atoms with Gasteiger partial charge in [-0.15, -0.1) is 0 Å². The van der Waals surface area contributed by atoms with Crippen molar-refractivity contribution in [1.29, 1.82) is 0 Å². The zero-order chi connectivity index (χ0) is 8.97. The van der Waals surface area contributed by atoms with E-state index in [1.807, 2.05) is 18.2 Å². The fraction of sp³-hybridized carbons (Fsp3) is 0.273. The molecule has 0 saturated heterocycles. The highest BCUT2D eigenvalue weighted by Crippen LogP contribution is 2.15. The monoisotopic (exact) mass is 161 g/mol. The van der Waals surface area contributed by atoms with E-state index in [4.69, 9.17) is 5.73 Å². The fourth-order valence-electron chi connectivity index (χ4n) is 1.15. The third-order valence-corrected chi connectivity index (χ3v) is 2.01. The Morgan fingerprint density at radius 1 is 1.58 bits per heavy atom. The van der Waals surface area contributed by atoms with Crippen molar-refractivity contribution in [2.45, 2.75) is 19.4 Å². The van der Waals surface area contributed by atoms with Crippen LogP contribution >= 0.6 is 0 Å². The molecule has 0 heterocycles. The first-order valence-corrected chi connectivity index (χ1v) is 4.26. The second kappa shape index (κ2) is 4.07. The molecule has 1 atom stereocenters. The molecule has 2 N–H and O–H groups in total. The van der Waals surface area contributed by atoms with Gasteiger partial charge in [0.1, 0.15) is 0 Å². The van der Waals surface area contributed by atoms with Crippen molar-refractivity contribution in [3.05, 3.63) is 42.0 Å². The van der Waals surface area contributed by atoms with Gasteiger partial charge in [0.05, 0.1) is 0 Å². The zero-order valence-electron chi connectivity index (χ0n) is 7.46. The van der Waals surface area contributed by atoms with Crippen LogP contribution in [0.2, 0.25) is 0 Å². The number of benzene rings is 1. The highest BCUT2D eigenvalue weighted by atomic mass is 14.6. The van der Waals surface area contributed by atoms with Crippen LogP contribution in [-0.2, 0) is 0 Å². The first-order chi connectivity index (χ1) is 5.77. The summed E-state index contributed by atoms with van der Waals surface area (Å²) >= 11 is 0. The summed E-state index contributed by atoms with van der Waals surface area (Å²) in [4.78, 5) is 0. The summed E-state index contributed by atoms with van der Waals surface area (Å²) < 4.78 is 0. The summed E-state index contributed by atoms with van der Waals surface area (Å²) in [5.41, 5.74) is 8.21. The maximum Gasteiger partial charge on any atom is 0.0292 e. The Kier molecular flexibility index (Phi) is 3.06. The Labute approximate surface area is 73.9 Å². The zero-order valence-corrected chi connectivity index (χ0v) is 7.46. The molecule has 1 aromatic carbocycles. The normalized spacial score (nSPS) is 12.5. The van der Waals surface area contributed by atoms with Crippen molar-refractivity contribution in [2.75, 3.05) is 0 Å². The van der Waals surface area contributed by atoms with E-state index in [2.05, 4.69) is 25.6 Å². The van der Waals surface area contributed by atoms with Crippen molar-refractivity contribution in [3.8, 4) is 0 Å². The molecule has 1 rings (SSSR count). The maximum atomic E-state index is 5.88. The standard InChI is InChI=1S/C11H15N/c1-3-9-6-5-7-10(8-9)11(12)4-2/h3,5-8,11H,1,4,12H2,2H3/t11-/m1/s1. The molecule has 0 bridgehead atoms. The van der Waals surface area contributed by atoms with Crippen molar-refractivity contribution in [1.82, 2.24) is 0 Å². The molecule has 1 aromatic rings. The lowest BCUT2D eigenvalue weighted by Crippen LogP contribution is -2.08. The Hall–Kier alpha value is -1.08. The van der Waals surface area contributed by atoms with Crippen LogP contribution in [0, 0.1) is 0 Å².